The van der Waals surface area contributed by atoms with Crippen molar-refractivity contribution in [1.29, 1.82) is 0 Å². The average Bonchev–Trinajstić information content (AvgIpc) is 3.19. The van der Waals surface area contributed by atoms with Gasteiger partial charge in [-0.3, -0.25) is 9.89 Å². The number of hydrogen-bond donors (Lipinski definition) is 2. The topological polar surface area (TPSA) is 70.1 Å². The van der Waals surface area contributed by atoms with E-state index < -0.39 is 0 Å². The number of aromatic nitrogens is 2. The lowest BCUT2D eigenvalue weighted by molar-refractivity contribution is 0.0950. The molecule has 0 saturated carbocycles. The lowest BCUT2D eigenvalue weighted by Gasteiger charge is -1.98. The third kappa shape index (κ3) is 4.54. The van der Waals surface area contributed by atoms with Crippen molar-refractivity contribution in [3.63, 3.8) is 0 Å². The van der Waals surface area contributed by atoms with Crippen molar-refractivity contribution in [2.45, 2.75) is 13.3 Å². The Labute approximate surface area is 152 Å². The van der Waals surface area contributed by atoms with Crippen molar-refractivity contribution < 1.29 is 4.79 Å². The summed E-state index contributed by atoms with van der Waals surface area (Å²) in [6.07, 6.45) is 6.20. The third-order valence-electron chi connectivity index (χ3n) is 3.90. The van der Waals surface area contributed by atoms with Crippen molar-refractivity contribution in [3.8, 4) is 11.3 Å². The van der Waals surface area contributed by atoms with Crippen molar-refractivity contribution in [1.82, 2.24) is 15.6 Å². The number of hydrogen-bond acceptors (Lipinski definition) is 3. The molecule has 2 N–H and O–H groups in total. The maximum absolute atomic E-state index is 12.1. The van der Waals surface area contributed by atoms with Gasteiger partial charge in [-0.1, -0.05) is 67.6 Å². The van der Waals surface area contributed by atoms with Crippen LogP contribution in [0.15, 0.2) is 71.8 Å². The van der Waals surface area contributed by atoms with Crippen LogP contribution in [0, 0.1) is 0 Å². The first kappa shape index (κ1) is 17.4. The van der Waals surface area contributed by atoms with Crippen molar-refractivity contribution in [3.05, 3.63) is 83.6 Å². The summed E-state index contributed by atoms with van der Waals surface area (Å²) in [5.74, 6) is -0.335. The molecule has 0 radical (unpaired) electrons. The molecule has 0 atom stereocenters. The summed E-state index contributed by atoms with van der Waals surface area (Å²) in [5, 5.41) is 10.8. The Morgan fingerprint density at radius 2 is 1.92 bits per heavy atom. The highest BCUT2D eigenvalue weighted by Gasteiger charge is 2.10. The molecule has 26 heavy (non-hydrogen) atoms. The lowest BCUT2D eigenvalue weighted by Crippen LogP contribution is -2.17. The van der Waals surface area contributed by atoms with Crippen molar-refractivity contribution in [2.75, 3.05) is 0 Å². The number of H-pyrrole nitrogens is 1. The number of aromatic amines is 1. The second-order valence-electron chi connectivity index (χ2n) is 5.71. The fourth-order valence-electron chi connectivity index (χ4n) is 2.41. The summed E-state index contributed by atoms with van der Waals surface area (Å²) in [5.41, 5.74) is 6.86. The summed E-state index contributed by atoms with van der Waals surface area (Å²) in [6.45, 7) is 2.11. The normalized spacial score (nSPS) is 11.3. The van der Waals surface area contributed by atoms with Crippen LogP contribution in [0.1, 0.15) is 28.5 Å². The Balaban J connectivity index is 1.57. The fraction of sp³-hybridized carbons (Fsp3) is 0.0952. The van der Waals surface area contributed by atoms with Gasteiger partial charge in [0.25, 0.3) is 5.91 Å². The zero-order valence-electron chi connectivity index (χ0n) is 14.5. The van der Waals surface area contributed by atoms with Crippen LogP contribution in [0.5, 0.6) is 0 Å². The number of benzene rings is 2. The van der Waals surface area contributed by atoms with Gasteiger partial charge in [0.05, 0.1) is 5.69 Å². The first-order valence-electron chi connectivity index (χ1n) is 8.46. The summed E-state index contributed by atoms with van der Waals surface area (Å²) >= 11 is 0. The van der Waals surface area contributed by atoms with Gasteiger partial charge < -0.3 is 0 Å². The van der Waals surface area contributed by atoms with Crippen LogP contribution in [-0.2, 0) is 6.42 Å². The molecule has 0 bridgehead atoms. The van der Waals surface area contributed by atoms with E-state index in [0.717, 1.165) is 23.2 Å². The quantitative estimate of drug-likeness (QED) is 0.523. The van der Waals surface area contributed by atoms with Crippen LogP contribution in [0.25, 0.3) is 17.3 Å². The number of aryl methyl sites for hydroxylation is 1. The number of nitrogens with one attached hydrogen (secondary N) is 2. The first-order valence-corrected chi connectivity index (χ1v) is 8.46. The minimum Gasteiger partial charge on any atom is -0.272 e. The zero-order valence-corrected chi connectivity index (χ0v) is 14.5. The van der Waals surface area contributed by atoms with E-state index in [-0.39, 0.29) is 5.91 Å². The molecule has 2 aromatic carbocycles. The Morgan fingerprint density at radius 3 is 2.65 bits per heavy atom. The Morgan fingerprint density at radius 1 is 1.15 bits per heavy atom. The maximum atomic E-state index is 12.1. The van der Waals surface area contributed by atoms with Gasteiger partial charge in [-0.25, -0.2) is 5.43 Å². The van der Waals surface area contributed by atoms with Crippen LogP contribution < -0.4 is 5.43 Å². The molecule has 0 aliphatic rings. The van der Waals surface area contributed by atoms with Crippen LogP contribution in [0.4, 0.5) is 0 Å². The number of carbonyl (C=O) groups excluding carboxylic acids is 1. The van der Waals surface area contributed by atoms with Crippen LogP contribution >= 0.6 is 0 Å². The van der Waals surface area contributed by atoms with Gasteiger partial charge in [0.2, 0.25) is 0 Å². The third-order valence-corrected chi connectivity index (χ3v) is 3.90. The highest BCUT2D eigenvalue weighted by molar-refractivity contribution is 5.94. The monoisotopic (exact) mass is 344 g/mol. The van der Waals surface area contributed by atoms with Gasteiger partial charge in [0, 0.05) is 11.8 Å². The van der Waals surface area contributed by atoms with Gasteiger partial charge in [-0.2, -0.15) is 10.2 Å². The Hall–Kier alpha value is -3.47. The second-order valence-corrected chi connectivity index (χ2v) is 5.71. The molecule has 0 aliphatic heterocycles. The summed E-state index contributed by atoms with van der Waals surface area (Å²) < 4.78 is 0. The molecule has 5 nitrogen and oxygen atoms in total. The van der Waals surface area contributed by atoms with E-state index in [0.29, 0.717) is 5.69 Å². The lowest BCUT2D eigenvalue weighted by atomic mass is 10.1. The molecular weight excluding hydrogens is 324 g/mol. The number of hydrazone groups is 1. The van der Waals surface area contributed by atoms with E-state index in [1.807, 2.05) is 48.5 Å². The molecule has 3 aromatic rings. The first-order chi connectivity index (χ1) is 12.8. The fourth-order valence-corrected chi connectivity index (χ4v) is 2.41. The Bertz CT molecular complexity index is 909. The van der Waals surface area contributed by atoms with Gasteiger partial charge in [0.15, 0.2) is 0 Å². The van der Waals surface area contributed by atoms with Crippen LogP contribution in [-0.4, -0.2) is 22.3 Å². The molecule has 130 valence electrons. The molecule has 5 heteroatoms. The van der Waals surface area contributed by atoms with Gasteiger partial charge >= 0.3 is 0 Å². The van der Waals surface area contributed by atoms with Gasteiger partial charge in [-0.05, 0) is 29.7 Å². The Kier molecular flexibility index (Phi) is 5.72. The molecular formula is C21H20N4O. The number of carbonyl (C=O) groups is 1. The second kappa shape index (κ2) is 8.58. The molecule has 1 heterocycles. The van der Waals surface area contributed by atoms with E-state index in [9.17, 15) is 4.79 Å². The molecule has 0 fully saturated rings. The van der Waals surface area contributed by atoms with Crippen molar-refractivity contribution >= 4 is 18.2 Å². The van der Waals surface area contributed by atoms with Crippen LogP contribution in [0.3, 0.4) is 0 Å². The predicted molar refractivity (Wildman–Crippen MR) is 105 cm³/mol. The minimum atomic E-state index is -0.335. The highest BCUT2D eigenvalue weighted by atomic mass is 16.2. The van der Waals surface area contributed by atoms with Gasteiger partial charge in [-0.15, -0.1) is 0 Å². The number of amides is 1. The average molecular weight is 344 g/mol. The predicted octanol–water partition coefficient (Wildman–Crippen LogP) is 4.07. The highest BCUT2D eigenvalue weighted by Crippen LogP contribution is 2.18. The number of allylic oxidation sites excluding steroid dienone is 1. The molecule has 0 unspecified atom stereocenters. The van der Waals surface area contributed by atoms with Gasteiger partial charge in [0.1, 0.15) is 5.69 Å². The van der Waals surface area contributed by atoms with Crippen LogP contribution in [0.2, 0.25) is 0 Å². The summed E-state index contributed by atoms with van der Waals surface area (Å²) in [6, 6.07) is 19.7. The zero-order chi connectivity index (χ0) is 18.2. The maximum Gasteiger partial charge on any atom is 0.289 e. The van der Waals surface area contributed by atoms with E-state index in [1.165, 1.54) is 11.8 Å². The molecule has 0 aliphatic carbocycles. The van der Waals surface area contributed by atoms with E-state index in [4.69, 9.17) is 0 Å². The molecule has 0 spiro atoms. The van der Waals surface area contributed by atoms with Crippen molar-refractivity contribution in [2.24, 2.45) is 5.10 Å². The van der Waals surface area contributed by atoms with E-state index in [1.54, 1.807) is 12.1 Å². The van der Waals surface area contributed by atoms with E-state index in [2.05, 4.69) is 39.8 Å². The smallest absolute Gasteiger partial charge is 0.272 e. The molecule has 1 aromatic heterocycles. The standard InChI is InChI=1S/C21H20N4O/c1-2-16-10-12-18(13-11-16)19-15-20(24-23-19)21(26)25-22-14-6-9-17-7-4-3-5-8-17/h3-15H,2H2,1H3,(H,23,24)(H,25,26). The summed E-state index contributed by atoms with van der Waals surface area (Å²) in [7, 11) is 0. The number of nitrogens with zero attached hydrogens (tertiary/aromatic N) is 2. The molecule has 3 rings (SSSR count). The number of rotatable bonds is 6. The minimum absolute atomic E-state index is 0.335. The SMILES string of the molecule is CCc1ccc(-c2cc(C(=O)NN=CC=Cc3ccccc3)[nH]n2)cc1. The molecule has 1 amide bonds. The summed E-state index contributed by atoms with van der Waals surface area (Å²) in [4.78, 5) is 12.1. The molecule has 0 saturated heterocycles. The largest absolute Gasteiger partial charge is 0.289 e. The van der Waals surface area contributed by atoms with E-state index >= 15 is 0 Å².